The van der Waals surface area contributed by atoms with Crippen LogP contribution in [0.5, 0.6) is 0 Å². The topological polar surface area (TPSA) is 67.3 Å². The van der Waals surface area contributed by atoms with E-state index in [2.05, 4.69) is 4.98 Å². The van der Waals surface area contributed by atoms with Crippen molar-refractivity contribution in [2.24, 2.45) is 0 Å². The normalized spacial score (nSPS) is 17.6. The Kier molecular flexibility index (Phi) is 6.21. The molecule has 1 aromatic carbocycles. The van der Waals surface area contributed by atoms with E-state index in [1.807, 2.05) is 30.0 Å². The lowest BCUT2D eigenvalue weighted by Gasteiger charge is -2.31. The van der Waals surface area contributed by atoms with Gasteiger partial charge in [-0.05, 0) is 44.1 Å². The molecule has 0 radical (unpaired) electrons. The maximum absolute atomic E-state index is 12.6. The molecule has 26 heavy (non-hydrogen) atoms. The number of carbonyl (C=O) groups excluding carboxylic acids is 1. The maximum Gasteiger partial charge on any atom is 0.262 e. The van der Waals surface area contributed by atoms with Crippen molar-refractivity contribution in [3.8, 4) is 0 Å². The van der Waals surface area contributed by atoms with Gasteiger partial charge >= 0.3 is 0 Å². The van der Waals surface area contributed by atoms with Crippen LogP contribution in [-0.4, -0.2) is 46.2 Å². The summed E-state index contributed by atoms with van der Waals surface area (Å²) >= 11 is 5.32. The van der Waals surface area contributed by atoms with Crippen molar-refractivity contribution in [3.63, 3.8) is 0 Å². The average molecular weight is 375 g/mol. The fourth-order valence-corrected chi connectivity index (χ4v) is 3.61. The standard InChI is InChI=1S/C19H25N3O3S/c1-14-13-21(11-12-25-14)17(23)9-3-2-6-10-22-18(24)15-7-4-5-8-16(15)20-19(22)26/h4-5,7-8,14H,2-3,6,9-13H2,1H3,(H,20,26). The summed E-state index contributed by atoms with van der Waals surface area (Å²) in [5, 5.41) is 0.651. The molecule has 1 saturated heterocycles. The van der Waals surface area contributed by atoms with E-state index in [4.69, 9.17) is 17.0 Å². The molecule has 1 unspecified atom stereocenters. The van der Waals surface area contributed by atoms with E-state index in [1.54, 1.807) is 10.6 Å². The second-order valence-corrected chi connectivity index (χ2v) is 7.15. The van der Waals surface area contributed by atoms with Gasteiger partial charge in [0, 0.05) is 26.1 Å². The highest BCUT2D eigenvalue weighted by atomic mass is 32.1. The van der Waals surface area contributed by atoms with E-state index in [1.165, 1.54) is 0 Å². The number of aromatic amines is 1. The lowest BCUT2D eigenvalue weighted by Crippen LogP contribution is -2.44. The number of H-pyrrole nitrogens is 1. The third kappa shape index (κ3) is 4.40. The van der Waals surface area contributed by atoms with Gasteiger partial charge in [-0.15, -0.1) is 0 Å². The van der Waals surface area contributed by atoms with E-state index in [-0.39, 0.29) is 17.6 Å². The molecule has 1 aliphatic heterocycles. The smallest absolute Gasteiger partial charge is 0.262 e. The van der Waals surface area contributed by atoms with Crippen LogP contribution in [0.4, 0.5) is 0 Å². The molecule has 3 rings (SSSR count). The summed E-state index contributed by atoms with van der Waals surface area (Å²) in [7, 11) is 0. The minimum atomic E-state index is -0.0530. The number of carbonyl (C=O) groups is 1. The van der Waals surface area contributed by atoms with Gasteiger partial charge in [0.05, 0.1) is 23.6 Å². The van der Waals surface area contributed by atoms with Crippen molar-refractivity contribution in [3.05, 3.63) is 39.4 Å². The first kappa shape index (κ1) is 18.8. The molecule has 6 nitrogen and oxygen atoms in total. The lowest BCUT2D eigenvalue weighted by atomic mass is 10.1. The van der Waals surface area contributed by atoms with Crippen LogP contribution in [0.25, 0.3) is 10.9 Å². The Morgan fingerprint density at radius 3 is 2.92 bits per heavy atom. The molecule has 2 aromatic rings. The Morgan fingerprint density at radius 1 is 1.31 bits per heavy atom. The molecule has 1 amide bonds. The monoisotopic (exact) mass is 375 g/mol. The molecule has 1 aromatic heterocycles. The number of ether oxygens (including phenoxy) is 1. The molecule has 7 heteroatoms. The summed E-state index contributed by atoms with van der Waals surface area (Å²) in [6.07, 6.45) is 3.20. The number of morpholine rings is 1. The van der Waals surface area contributed by atoms with Gasteiger partial charge in [-0.2, -0.15) is 0 Å². The fraction of sp³-hybridized carbons (Fsp3) is 0.526. The molecule has 0 aliphatic carbocycles. The maximum atomic E-state index is 12.6. The number of amides is 1. The number of para-hydroxylation sites is 1. The summed E-state index contributed by atoms with van der Waals surface area (Å²) < 4.78 is 7.53. The third-order valence-corrected chi connectivity index (χ3v) is 5.08. The van der Waals surface area contributed by atoms with Crippen molar-refractivity contribution >= 4 is 29.0 Å². The number of hydrogen-bond donors (Lipinski definition) is 1. The molecular formula is C19H25N3O3S. The quantitative estimate of drug-likeness (QED) is 0.623. The Labute approximate surface area is 157 Å². The number of nitrogens with zero attached hydrogens (tertiary/aromatic N) is 2. The zero-order valence-corrected chi connectivity index (χ0v) is 15.9. The molecule has 1 aliphatic rings. The molecule has 1 fully saturated rings. The molecular weight excluding hydrogens is 350 g/mol. The highest BCUT2D eigenvalue weighted by molar-refractivity contribution is 7.71. The highest BCUT2D eigenvalue weighted by Crippen LogP contribution is 2.10. The second kappa shape index (κ2) is 8.60. The van der Waals surface area contributed by atoms with E-state index >= 15 is 0 Å². The Balaban J connectivity index is 1.50. The van der Waals surface area contributed by atoms with Crippen molar-refractivity contribution in [2.75, 3.05) is 19.7 Å². The number of nitrogens with one attached hydrogen (secondary N) is 1. The molecule has 0 saturated carbocycles. The van der Waals surface area contributed by atoms with Crippen molar-refractivity contribution in [1.29, 1.82) is 0 Å². The van der Waals surface area contributed by atoms with Crippen LogP contribution >= 0.6 is 12.2 Å². The number of hydrogen-bond acceptors (Lipinski definition) is 4. The minimum absolute atomic E-state index is 0.0530. The summed E-state index contributed by atoms with van der Waals surface area (Å²) in [4.78, 5) is 29.8. The van der Waals surface area contributed by atoms with Crippen LogP contribution < -0.4 is 5.56 Å². The number of aromatic nitrogens is 2. The third-order valence-electron chi connectivity index (χ3n) is 4.76. The van der Waals surface area contributed by atoms with Gasteiger partial charge in [0.1, 0.15) is 0 Å². The Hall–Kier alpha value is -1.99. The van der Waals surface area contributed by atoms with Crippen LogP contribution in [0.15, 0.2) is 29.1 Å². The van der Waals surface area contributed by atoms with Crippen LogP contribution in [0.2, 0.25) is 0 Å². The molecule has 1 atom stereocenters. The predicted molar refractivity (Wildman–Crippen MR) is 104 cm³/mol. The number of unbranched alkanes of at least 4 members (excludes halogenated alkanes) is 2. The summed E-state index contributed by atoms with van der Waals surface area (Å²) in [5.74, 6) is 0.195. The van der Waals surface area contributed by atoms with Gasteiger partial charge in [-0.1, -0.05) is 18.6 Å². The Morgan fingerprint density at radius 2 is 2.12 bits per heavy atom. The SMILES string of the molecule is CC1CN(C(=O)CCCCCn2c(=S)[nH]c3ccccc3c2=O)CCO1. The van der Waals surface area contributed by atoms with E-state index in [9.17, 15) is 9.59 Å². The lowest BCUT2D eigenvalue weighted by molar-refractivity contribution is -0.138. The molecule has 2 heterocycles. The highest BCUT2D eigenvalue weighted by Gasteiger charge is 2.20. The van der Waals surface area contributed by atoms with Gasteiger partial charge in [0.25, 0.3) is 5.56 Å². The van der Waals surface area contributed by atoms with Crippen LogP contribution in [0, 0.1) is 4.77 Å². The minimum Gasteiger partial charge on any atom is -0.375 e. The van der Waals surface area contributed by atoms with Crippen molar-refractivity contribution < 1.29 is 9.53 Å². The van der Waals surface area contributed by atoms with Gasteiger partial charge in [0.15, 0.2) is 4.77 Å². The van der Waals surface area contributed by atoms with Crippen molar-refractivity contribution in [1.82, 2.24) is 14.5 Å². The number of rotatable bonds is 6. The van der Waals surface area contributed by atoms with Gasteiger partial charge in [-0.25, -0.2) is 0 Å². The molecule has 0 bridgehead atoms. The van der Waals surface area contributed by atoms with E-state index in [0.717, 1.165) is 24.8 Å². The summed E-state index contributed by atoms with van der Waals surface area (Å²) in [6.45, 7) is 4.55. The fourth-order valence-electron chi connectivity index (χ4n) is 3.33. The predicted octanol–water partition coefficient (Wildman–Crippen LogP) is 2.87. The van der Waals surface area contributed by atoms with Crippen molar-refractivity contribution in [2.45, 2.75) is 45.3 Å². The summed E-state index contributed by atoms with van der Waals surface area (Å²) in [5.41, 5.74) is 0.715. The molecule has 0 spiro atoms. The zero-order valence-electron chi connectivity index (χ0n) is 15.1. The van der Waals surface area contributed by atoms with Crippen LogP contribution in [-0.2, 0) is 16.1 Å². The van der Waals surface area contributed by atoms with Gasteiger partial charge in [-0.3, -0.25) is 14.2 Å². The number of benzene rings is 1. The first-order valence-electron chi connectivity index (χ1n) is 9.17. The first-order valence-corrected chi connectivity index (χ1v) is 9.58. The first-order chi connectivity index (χ1) is 12.6. The van der Waals surface area contributed by atoms with E-state index < -0.39 is 0 Å². The molecule has 140 valence electrons. The zero-order chi connectivity index (χ0) is 18.5. The number of fused-ring (bicyclic) bond motifs is 1. The average Bonchev–Trinajstić information content (AvgIpc) is 2.63. The largest absolute Gasteiger partial charge is 0.375 e. The van der Waals surface area contributed by atoms with Crippen LogP contribution in [0.1, 0.15) is 32.6 Å². The van der Waals surface area contributed by atoms with Gasteiger partial charge in [0.2, 0.25) is 5.91 Å². The van der Waals surface area contributed by atoms with Crippen LogP contribution in [0.3, 0.4) is 0 Å². The summed E-state index contributed by atoms with van der Waals surface area (Å²) in [6, 6.07) is 7.39. The Bertz CT molecular complexity index is 889. The molecule has 1 N–H and O–H groups in total. The van der Waals surface area contributed by atoms with E-state index in [0.29, 0.717) is 42.8 Å². The van der Waals surface area contributed by atoms with Gasteiger partial charge < -0.3 is 14.6 Å². The second-order valence-electron chi connectivity index (χ2n) is 6.76.